The number of carbonyl (C=O) groups excluding carboxylic acids is 1. The van der Waals surface area contributed by atoms with E-state index in [2.05, 4.69) is 33.0 Å². The van der Waals surface area contributed by atoms with Gasteiger partial charge in [0.05, 0.1) is 0 Å². The molecule has 5 nitrogen and oxygen atoms in total. The first-order chi connectivity index (χ1) is 11.3. The summed E-state index contributed by atoms with van der Waals surface area (Å²) in [6.45, 7) is 5.43. The van der Waals surface area contributed by atoms with Gasteiger partial charge in [-0.05, 0) is 56.1 Å². The molecule has 0 radical (unpaired) electrons. The van der Waals surface area contributed by atoms with E-state index < -0.39 is 0 Å². The smallest absolute Gasteiger partial charge is 0.315 e. The number of nitrogens with one attached hydrogen (secondary N) is 2. The highest BCUT2D eigenvalue weighted by Gasteiger charge is 2.21. The Morgan fingerprint density at radius 1 is 1.26 bits per heavy atom. The van der Waals surface area contributed by atoms with Crippen molar-refractivity contribution in [1.82, 2.24) is 15.5 Å². The fraction of sp³-hybridized carbons (Fsp3) is 0.706. The van der Waals surface area contributed by atoms with Gasteiger partial charge in [-0.25, -0.2) is 4.79 Å². The average Bonchev–Trinajstić information content (AvgIpc) is 3.11. The van der Waals surface area contributed by atoms with Gasteiger partial charge in [-0.15, -0.1) is 11.3 Å². The van der Waals surface area contributed by atoms with Crippen molar-refractivity contribution in [2.75, 3.05) is 39.4 Å². The lowest BCUT2D eigenvalue weighted by Gasteiger charge is -2.31. The minimum atomic E-state index is -0.0367. The summed E-state index contributed by atoms with van der Waals surface area (Å²) in [7, 11) is 0. The minimum absolute atomic E-state index is 0.0367. The van der Waals surface area contributed by atoms with Crippen LogP contribution in [0.5, 0.6) is 0 Å². The van der Waals surface area contributed by atoms with Crippen LogP contribution in [0.25, 0.3) is 0 Å². The van der Waals surface area contributed by atoms with Crippen molar-refractivity contribution in [3.63, 3.8) is 0 Å². The maximum absolute atomic E-state index is 11.9. The molecular weight excluding hydrogens is 310 g/mol. The zero-order chi connectivity index (χ0) is 15.9. The molecule has 0 bridgehead atoms. The molecular formula is C17H27N3O2S. The van der Waals surface area contributed by atoms with E-state index >= 15 is 0 Å². The lowest BCUT2D eigenvalue weighted by molar-refractivity contribution is 0.0800. The second kappa shape index (κ2) is 8.66. The van der Waals surface area contributed by atoms with Crippen molar-refractivity contribution in [3.05, 3.63) is 22.4 Å². The van der Waals surface area contributed by atoms with E-state index in [0.29, 0.717) is 0 Å². The number of urea groups is 1. The van der Waals surface area contributed by atoms with Crippen LogP contribution >= 0.6 is 11.3 Å². The molecule has 128 valence electrons. The molecule has 2 aliphatic rings. The number of nitrogens with zero attached hydrogens (tertiary/aromatic N) is 1. The van der Waals surface area contributed by atoms with Gasteiger partial charge in [-0.2, -0.15) is 0 Å². The number of thiophene rings is 1. The highest BCUT2D eigenvalue weighted by Crippen LogP contribution is 2.30. The second-order valence-corrected chi connectivity index (χ2v) is 7.40. The highest BCUT2D eigenvalue weighted by molar-refractivity contribution is 7.10. The predicted octanol–water partition coefficient (Wildman–Crippen LogP) is 2.41. The highest BCUT2D eigenvalue weighted by atomic mass is 32.1. The third kappa shape index (κ3) is 5.19. The van der Waals surface area contributed by atoms with Crippen LogP contribution in [-0.4, -0.2) is 56.4 Å². The molecule has 6 heteroatoms. The Morgan fingerprint density at radius 2 is 2.04 bits per heavy atom. The Kier molecular flexibility index (Phi) is 6.30. The van der Waals surface area contributed by atoms with Crippen LogP contribution in [0, 0.1) is 0 Å². The van der Waals surface area contributed by atoms with Gasteiger partial charge in [0, 0.05) is 37.2 Å². The maximum atomic E-state index is 11.9. The van der Waals surface area contributed by atoms with E-state index in [-0.39, 0.29) is 12.1 Å². The molecule has 1 aromatic rings. The average molecular weight is 337 g/mol. The van der Waals surface area contributed by atoms with Crippen LogP contribution < -0.4 is 10.6 Å². The third-order valence-electron chi connectivity index (χ3n) is 4.80. The van der Waals surface area contributed by atoms with Crippen LogP contribution in [0.2, 0.25) is 0 Å². The number of ether oxygens (including phenoxy) is 1. The number of hydrogen-bond donors (Lipinski definition) is 2. The first-order valence-electron chi connectivity index (χ1n) is 8.69. The van der Waals surface area contributed by atoms with Gasteiger partial charge in [-0.3, -0.25) is 0 Å². The summed E-state index contributed by atoms with van der Waals surface area (Å²) >= 11 is 1.88. The third-order valence-corrected chi connectivity index (χ3v) is 5.84. The van der Waals surface area contributed by atoms with Crippen molar-refractivity contribution >= 4 is 17.4 Å². The molecule has 2 saturated heterocycles. The van der Waals surface area contributed by atoms with Crippen molar-refractivity contribution in [2.45, 2.75) is 37.6 Å². The lowest BCUT2D eigenvalue weighted by Crippen LogP contribution is -2.46. The molecule has 0 aliphatic carbocycles. The second-order valence-electron chi connectivity index (χ2n) is 6.42. The lowest BCUT2D eigenvalue weighted by atomic mass is 9.95. The number of hydrogen-bond acceptors (Lipinski definition) is 4. The van der Waals surface area contributed by atoms with E-state index in [0.717, 1.165) is 58.2 Å². The summed E-state index contributed by atoms with van der Waals surface area (Å²) in [6.07, 6.45) is 4.30. The molecule has 2 fully saturated rings. The Labute approximate surface area is 142 Å². The maximum Gasteiger partial charge on any atom is 0.315 e. The zero-order valence-electron chi connectivity index (χ0n) is 13.6. The van der Waals surface area contributed by atoms with E-state index in [1.165, 1.54) is 17.7 Å². The van der Waals surface area contributed by atoms with Crippen molar-refractivity contribution < 1.29 is 9.53 Å². The van der Waals surface area contributed by atoms with Gasteiger partial charge >= 0.3 is 6.03 Å². The molecule has 23 heavy (non-hydrogen) atoms. The van der Waals surface area contributed by atoms with Crippen LogP contribution in [0.15, 0.2) is 17.5 Å². The quantitative estimate of drug-likeness (QED) is 0.867. The van der Waals surface area contributed by atoms with Gasteiger partial charge in [0.15, 0.2) is 0 Å². The number of rotatable bonds is 5. The largest absolute Gasteiger partial charge is 0.381 e. The van der Waals surface area contributed by atoms with Crippen LogP contribution in [0.1, 0.15) is 36.5 Å². The molecule has 3 heterocycles. The van der Waals surface area contributed by atoms with Crippen molar-refractivity contribution in [1.29, 1.82) is 0 Å². The zero-order valence-corrected chi connectivity index (χ0v) is 14.4. The van der Waals surface area contributed by atoms with Gasteiger partial charge in [0.2, 0.25) is 0 Å². The van der Waals surface area contributed by atoms with E-state index in [1.54, 1.807) is 0 Å². The molecule has 0 unspecified atom stereocenters. The number of carbonyl (C=O) groups is 1. The van der Waals surface area contributed by atoms with Gasteiger partial charge in [0.1, 0.15) is 0 Å². The summed E-state index contributed by atoms with van der Waals surface area (Å²) in [4.78, 5) is 15.9. The first kappa shape index (κ1) is 16.7. The van der Waals surface area contributed by atoms with Gasteiger partial charge in [-0.1, -0.05) is 6.07 Å². The molecule has 0 aromatic carbocycles. The minimum Gasteiger partial charge on any atom is -0.381 e. The van der Waals surface area contributed by atoms with Gasteiger partial charge < -0.3 is 20.3 Å². The fourth-order valence-electron chi connectivity index (χ4n) is 3.37. The molecule has 3 rings (SSSR count). The first-order valence-corrected chi connectivity index (χ1v) is 9.57. The molecule has 2 N–H and O–H groups in total. The van der Waals surface area contributed by atoms with E-state index in [4.69, 9.17) is 4.74 Å². The summed E-state index contributed by atoms with van der Waals surface area (Å²) in [5, 5.41) is 8.19. The summed E-state index contributed by atoms with van der Waals surface area (Å²) in [5.74, 6) is 0.732. The predicted molar refractivity (Wildman–Crippen MR) is 93.1 cm³/mol. The summed E-state index contributed by atoms with van der Waals surface area (Å²) < 4.78 is 5.30. The number of amides is 2. The molecule has 2 amide bonds. The number of piperidine rings is 1. The van der Waals surface area contributed by atoms with Crippen LogP contribution in [-0.2, 0) is 4.74 Å². The Morgan fingerprint density at radius 3 is 2.74 bits per heavy atom. The Bertz CT molecular complexity index is 466. The van der Waals surface area contributed by atoms with Crippen LogP contribution in [0.3, 0.4) is 0 Å². The molecule has 0 atom stereocenters. The van der Waals surface area contributed by atoms with Crippen molar-refractivity contribution in [2.24, 2.45) is 0 Å². The summed E-state index contributed by atoms with van der Waals surface area (Å²) in [5.41, 5.74) is 0. The SMILES string of the molecule is O=C(NCCN1CCC(c2cccs2)CC1)NC1CCOCC1. The standard InChI is InChI=1S/C17H27N3O2S/c21-17(19-15-5-11-22-12-6-15)18-7-10-20-8-3-14(4-9-20)16-2-1-13-23-16/h1-2,13-15H,3-12H2,(H2,18,19,21). The summed E-state index contributed by atoms with van der Waals surface area (Å²) in [6, 6.07) is 4.64. The molecule has 0 spiro atoms. The van der Waals surface area contributed by atoms with E-state index in [1.807, 2.05) is 11.3 Å². The van der Waals surface area contributed by atoms with Crippen molar-refractivity contribution in [3.8, 4) is 0 Å². The van der Waals surface area contributed by atoms with E-state index in [9.17, 15) is 4.79 Å². The number of likely N-dealkylation sites (tertiary alicyclic amines) is 1. The Balaban J connectivity index is 1.28. The normalized spacial score (nSPS) is 21.2. The Hall–Kier alpha value is -1.11. The fourth-order valence-corrected chi connectivity index (χ4v) is 4.27. The molecule has 0 saturated carbocycles. The topological polar surface area (TPSA) is 53.6 Å². The monoisotopic (exact) mass is 337 g/mol. The van der Waals surface area contributed by atoms with Gasteiger partial charge in [0.25, 0.3) is 0 Å². The van der Waals surface area contributed by atoms with Crippen LogP contribution in [0.4, 0.5) is 4.79 Å². The molecule has 2 aliphatic heterocycles. The molecule has 1 aromatic heterocycles.